The summed E-state index contributed by atoms with van der Waals surface area (Å²) in [6, 6.07) is 11.5. The van der Waals surface area contributed by atoms with Crippen LogP contribution in [0.25, 0.3) is 0 Å². The summed E-state index contributed by atoms with van der Waals surface area (Å²) in [6.45, 7) is 13.1. The topological polar surface area (TPSA) is 25.8 Å². The molecule has 0 fully saturated rings. The SMILES string of the molecule is Brc1ccccn1.C#C[Si](C)(C)C.C[Si](C)(C)C#Cc1ccccn1. The molecule has 132 valence electrons. The van der Waals surface area contributed by atoms with E-state index in [4.69, 9.17) is 6.42 Å². The normalized spacial score (nSPS) is 9.84. The fraction of sp³-hybridized carbons (Fsp3) is 0.300. The van der Waals surface area contributed by atoms with Crippen LogP contribution >= 0.6 is 15.9 Å². The van der Waals surface area contributed by atoms with Crippen LogP contribution in [0, 0.1) is 23.4 Å². The lowest BCUT2D eigenvalue weighted by Gasteiger charge is -2.02. The van der Waals surface area contributed by atoms with Gasteiger partial charge in [0.05, 0.1) is 0 Å². The number of hydrogen-bond acceptors (Lipinski definition) is 2. The monoisotopic (exact) mass is 430 g/mol. The van der Waals surface area contributed by atoms with Crippen LogP contribution in [-0.2, 0) is 0 Å². The summed E-state index contributed by atoms with van der Waals surface area (Å²) >= 11 is 3.20. The maximum Gasteiger partial charge on any atom is 0.129 e. The van der Waals surface area contributed by atoms with Gasteiger partial charge in [-0.05, 0) is 40.2 Å². The zero-order valence-corrected chi connectivity index (χ0v) is 19.6. The van der Waals surface area contributed by atoms with Gasteiger partial charge in [0.1, 0.15) is 26.4 Å². The minimum absolute atomic E-state index is 0.875. The van der Waals surface area contributed by atoms with Gasteiger partial charge in [-0.1, -0.05) is 57.3 Å². The minimum atomic E-state index is -1.24. The first-order chi connectivity index (χ1) is 11.5. The lowest BCUT2D eigenvalue weighted by atomic mass is 10.4. The molecule has 0 unspecified atom stereocenters. The molecule has 0 aliphatic rings. The van der Waals surface area contributed by atoms with Crippen LogP contribution in [0.5, 0.6) is 0 Å². The van der Waals surface area contributed by atoms with Crippen molar-refractivity contribution in [3.05, 3.63) is 59.1 Å². The fourth-order valence-electron chi connectivity index (χ4n) is 1.03. The smallest absolute Gasteiger partial charge is 0.129 e. The van der Waals surface area contributed by atoms with Gasteiger partial charge in [-0.3, -0.25) is 0 Å². The first kappa shape index (κ1) is 23.3. The number of aromatic nitrogens is 2. The summed E-state index contributed by atoms with van der Waals surface area (Å²) in [5, 5.41) is 0. The van der Waals surface area contributed by atoms with E-state index in [0.717, 1.165) is 10.3 Å². The Balaban J connectivity index is 0.000000378. The lowest BCUT2D eigenvalue weighted by molar-refractivity contribution is 1.28. The van der Waals surface area contributed by atoms with Crippen molar-refractivity contribution in [3.63, 3.8) is 0 Å². The standard InChI is InChI=1S/C10H13NSi.C5H4BrN.C5H10Si/c1-12(2,3)9-7-10-6-4-5-8-11-10;6-5-3-1-2-4-7-5;1-5-6(2,3)4/h4-6,8H,1-3H3;1-4H;1H,2-4H3. The Morgan fingerprint density at radius 1 is 0.840 bits per heavy atom. The van der Waals surface area contributed by atoms with E-state index in [0.29, 0.717) is 0 Å². The molecule has 0 N–H and O–H groups in total. The maximum absolute atomic E-state index is 5.12. The molecular formula is C20H27BrN2Si2. The van der Waals surface area contributed by atoms with Crippen molar-refractivity contribution in [2.45, 2.75) is 39.3 Å². The molecule has 2 heterocycles. The number of terminal acetylenes is 1. The van der Waals surface area contributed by atoms with Gasteiger partial charge in [-0.2, -0.15) is 0 Å². The zero-order valence-electron chi connectivity index (χ0n) is 16.0. The second kappa shape index (κ2) is 11.8. The Morgan fingerprint density at radius 2 is 1.36 bits per heavy atom. The van der Waals surface area contributed by atoms with Crippen molar-refractivity contribution in [2.24, 2.45) is 0 Å². The molecule has 25 heavy (non-hydrogen) atoms. The molecule has 0 radical (unpaired) electrons. The highest BCUT2D eigenvalue weighted by Gasteiger charge is 2.07. The molecular weight excluding hydrogens is 404 g/mol. The van der Waals surface area contributed by atoms with Crippen LogP contribution in [-0.4, -0.2) is 26.1 Å². The Labute approximate surface area is 163 Å². The van der Waals surface area contributed by atoms with Crippen molar-refractivity contribution < 1.29 is 0 Å². The zero-order chi connectivity index (χ0) is 19.3. The van der Waals surface area contributed by atoms with E-state index in [-0.39, 0.29) is 0 Å². The van der Waals surface area contributed by atoms with Gasteiger partial charge in [0.15, 0.2) is 0 Å². The Kier molecular flexibility index (Phi) is 11.0. The Bertz CT molecular complexity index is 701. The van der Waals surface area contributed by atoms with Gasteiger partial charge in [-0.25, -0.2) is 9.97 Å². The van der Waals surface area contributed by atoms with Crippen LogP contribution in [0.4, 0.5) is 0 Å². The molecule has 2 aromatic heterocycles. The fourth-order valence-corrected chi connectivity index (χ4v) is 1.80. The molecule has 0 saturated heterocycles. The van der Waals surface area contributed by atoms with Gasteiger partial charge in [0.25, 0.3) is 0 Å². The van der Waals surface area contributed by atoms with Crippen molar-refractivity contribution in [1.82, 2.24) is 9.97 Å². The van der Waals surface area contributed by atoms with Gasteiger partial charge >= 0.3 is 0 Å². The van der Waals surface area contributed by atoms with Crippen LogP contribution in [0.1, 0.15) is 5.69 Å². The predicted octanol–water partition coefficient (Wildman–Crippen LogP) is 5.65. The minimum Gasteiger partial charge on any atom is -0.249 e. The van der Waals surface area contributed by atoms with Crippen molar-refractivity contribution in [3.8, 4) is 23.4 Å². The average Bonchev–Trinajstić information content (AvgIpc) is 2.55. The third-order valence-electron chi connectivity index (χ3n) is 2.29. The van der Waals surface area contributed by atoms with Gasteiger partial charge in [0.2, 0.25) is 0 Å². The van der Waals surface area contributed by atoms with E-state index in [1.54, 1.807) is 12.4 Å². The summed E-state index contributed by atoms with van der Waals surface area (Å²) in [4.78, 5) is 8.03. The summed E-state index contributed by atoms with van der Waals surface area (Å²) in [6.07, 6.45) is 8.63. The number of halogens is 1. The van der Waals surface area contributed by atoms with Crippen molar-refractivity contribution in [1.29, 1.82) is 0 Å². The van der Waals surface area contributed by atoms with Gasteiger partial charge in [-0.15, -0.1) is 17.5 Å². The van der Waals surface area contributed by atoms with Crippen LogP contribution in [0.3, 0.4) is 0 Å². The molecule has 2 rings (SSSR count). The molecule has 0 bridgehead atoms. The molecule has 0 atom stereocenters. The van der Waals surface area contributed by atoms with Crippen LogP contribution in [0.15, 0.2) is 53.4 Å². The summed E-state index contributed by atoms with van der Waals surface area (Å²) in [5.41, 5.74) is 6.88. The summed E-state index contributed by atoms with van der Waals surface area (Å²) < 4.78 is 0.884. The second-order valence-corrected chi connectivity index (χ2v) is 17.6. The second-order valence-electron chi connectivity index (χ2n) is 7.26. The molecule has 5 heteroatoms. The van der Waals surface area contributed by atoms with E-state index in [2.05, 4.69) is 82.2 Å². The number of nitrogens with zero attached hydrogens (tertiary/aromatic N) is 2. The first-order valence-corrected chi connectivity index (χ1v) is 15.8. The largest absolute Gasteiger partial charge is 0.249 e. The third-order valence-corrected chi connectivity index (χ3v) is 4.50. The van der Waals surface area contributed by atoms with E-state index < -0.39 is 16.1 Å². The van der Waals surface area contributed by atoms with Gasteiger partial charge in [0, 0.05) is 12.4 Å². The van der Waals surface area contributed by atoms with Crippen LogP contribution < -0.4 is 0 Å². The Morgan fingerprint density at radius 3 is 1.64 bits per heavy atom. The van der Waals surface area contributed by atoms with Crippen molar-refractivity contribution in [2.75, 3.05) is 0 Å². The summed E-state index contributed by atoms with van der Waals surface area (Å²) in [5.74, 6) is 3.09. The highest BCUT2D eigenvalue weighted by molar-refractivity contribution is 9.10. The van der Waals surface area contributed by atoms with E-state index in [9.17, 15) is 0 Å². The number of rotatable bonds is 0. The Hall–Kier alpha value is -1.67. The maximum atomic E-state index is 5.12. The van der Waals surface area contributed by atoms with Gasteiger partial charge < -0.3 is 0 Å². The number of hydrogen-bond donors (Lipinski definition) is 0. The molecule has 0 amide bonds. The quantitative estimate of drug-likeness (QED) is 0.306. The lowest BCUT2D eigenvalue weighted by Crippen LogP contribution is -2.16. The first-order valence-electron chi connectivity index (χ1n) is 8.02. The molecule has 2 aromatic rings. The average molecular weight is 432 g/mol. The third kappa shape index (κ3) is 17.0. The van der Waals surface area contributed by atoms with E-state index in [1.165, 1.54) is 0 Å². The molecule has 0 saturated carbocycles. The molecule has 0 spiro atoms. The molecule has 0 aliphatic carbocycles. The number of pyridine rings is 2. The highest BCUT2D eigenvalue weighted by Crippen LogP contribution is 2.00. The molecule has 0 aliphatic heterocycles. The van der Waals surface area contributed by atoms with E-state index >= 15 is 0 Å². The van der Waals surface area contributed by atoms with E-state index in [1.807, 2.05) is 36.4 Å². The molecule has 2 nitrogen and oxygen atoms in total. The predicted molar refractivity (Wildman–Crippen MR) is 119 cm³/mol. The molecule has 0 aromatic carbocycles. The highest BCUT2D eigenvalue weighted by atomic mass is 79.9. The summed E-state index contributed by atoms with van der Waals surface area (Å²) in [7, 11) is -2.34. The van der Waals surface area contributed by atoms with Crippen LogP contribution in [0.2, 0.25) is 39.3 Å². The van der Waals surface area contributed by atoms with Crippen molar-refractivity contribution >= 4 is 32.1 Å².